The lowest BCUT2D eigenvalue weighted by Crippen LogP contribution is -2.37. The van der Waals surface area contributed by atoms with Gasteiger partial charge < -0.3 is 9.64 Å². The summed E-state index contributed by atoms with van der Waals surface area (Å²) < 4.78 is 5.29. The van der Waals surface area contributed by atoms with Gasteiger partial charge >= 0.3 is 5.97 Å². The number of carbonyl (C=O) groups excluding carboxylic acids is 2. The van der Waals surface area contributed by atoms with Crippen LogP contribution in [0, 0.1) is 28.6 Å². The zero-order valence-corrected chi connectivity index (χ0v) is 15.4. The third-order valence-electron chi connectivity index (χ3n) is 4.30. The first-order valence-electron chi connectivity index (χ1n) is 8.78. The van der Waals surface area contributed by atoms with Crippen molar-refractivity contribution in [2.24, 2.45) is 5.92 Å². The second-order valence-corrected chi connectivity index (χ2v) is 6.08. The van der Waals surface area contributed by atoms with Crippen LogP contribution in [0.4, 0.5) is 0 Å². The van der Waals surface area contributed by atoms with E-state index in [9.17, 15) is 9.59 Å². The van der Waals surface area contributed by atoms with Gasteiger partial charge in [-0.2, -0.15) is 10.5 Å². The second kappa shape index (κ2) is 11.7. The fraction of sp³-hybridized carbons (Fsp3) is 0.500. The van der Waals surface area contributed by atoms with E-state index in [1.807, 2.05) is 56.3 Å². The van der Waals surface area contributed by atoms with E-state index >= 15 is 0 Å². The van der Waals surface area contributed by atoms with Crippen LogP contribution < -0.4 is 0 Å². The molecule has 0 saturated heterocycles. The normalized spacial score (nSPS) is 12.3. The highest BCUT2D eigenvalue weighted by molar-refractivity contribution is 5.83. The second-order valence-electron chi connectivity index (χ2n) is 6.08. The molecule has 0 aliphatic carbocycles. The van der Waals surface area contributed by atoms with E-state index in [2.05, 4.69) is 0 Å². The standard InChI is InChI=1S/C20H25N3O3/c1-3-16(2)19(17-9-5-4-6-10-17)20(25)26-15-18(24)23(13-7-11-21)14-8-12-22/h4-6,9-10,16,19H,3,7-8,13-15H2,1-2H3. The van der Waals surface area contributed by atoms with Crippen LogP contribution in [0.5, 0.6) is 0 Å². The third-order valence-corrected chi connectivity index (χ3v) is 4.30. The molecule has 0 bridgehead atoms. The molecule has 6 heteroatoms. The molecule has 0 aliphatic rings. The Morgan fingerprint density at radius 3 is 2.19 bits per heavy atom. The van der Waals surface area contributed by atoms with Crippen molar-refractivity contribution in [3.05, 3.63) is 35.9 Å². The first-order chi connectivity index (χ1) is 12.5. The van der Waals surface area contributed by atoms with Crippen LogP contribution in [0.1, 0.15) is 44.6 Å². The van der Waals surface area contributed by atoms with Crippen LogP contribution >= 0.6 is 0 Å². The summed E-state index contributed by atoms with van der Waals surface area (Å²) in [6.07, 6.45) is 1.15. The third kappa shape index (κ3) is 6.57. The predicted octanol–water partition coefficient (Wildman–Crippen LogP) is 3.02. The van der Waals surface area contributed by atoms with E-state index in [1.165, 1.54) is 4.90 Å². The molecule has 6 nitrogen and oxygen atoms in total. The van der Waals surface area contributed by atoms with E-state index in [0.717, 1.165) is 12.0 Å². The minimum absolute atomic E-state index is 0.0771. The van der Waals surface area contributed by atoms with Crippen LogP contribution in [-0.4, -0.2) is 36.5 Å². The number of rotatable bonds is 10. The molecule has 2 atom stereocenters. The maximum atomic E-state index is 12.6. The number of carbonyl (C=O) groups is 2. The van der Waals surface area contributed by atoms with Gasteiger partial charge in [0, 0.05) is 13.1 Å². The molecule has 1 aromatic rings. The molecule has 2 unspecified atom stereocenters. The van der Waals surface area contributed by atoms with Crippen LogP contribution in [-0.2, 0) is 14.3 Å². The van der Waals surface area contributed by atoms with Crippen molar-refractivity contribution in [2.75, 3.05) is 19.7 Å². The molecular weight excluding hydrogens is 330 g/mol. The molecule has 0 N–H and O–H groups in total. The lowest BCUT2D eigenvalue weighted by molar-refractivity contribution is -0.154. The fourth-order valence-electron chi connectivity index (χ4n) is 2.64. The summed E-state index contributed by atoms with van der Waals surface area (Å²) in [7, 11) is 0. The average molecular weight is 355 g/mol. The molecular formula is C20H25N3O3. The van der Waals surface area contributed by atoms with Crippen LogP contribution in [0.3, 0.4) is 0 Å². The van der Waals surface area contributed by atoms with Crippen molar-refractivity contribution in [1.82, 2.24) is 4.90 Å². The monoisotopic (exact) mass is 355 g/mol. The van der Waals surface area contributed by atoms with Gasteiger partial charge in [-0.1, -0.05) is 50.6 Å². The zero-order valence-electron chi connectivity index (χ0n) is 15.4. The summed E-state index contributed by atoms with van der Waals surface area (Å²) in [6.45, 7) is 4.05. The van der Waals surface area contributed by atoms with Gasteiger partial charge in [0.2, 0.25) is 0 Å². The van der Waals surface area contributed by atoms with E-state index in [4.69, 9.17) is 15.3 Å². The highest BCUT2D eigenvalue weighted by Crippen LogP contribution is 2.28. The van der Waals surface area contributed by atoms with Crippen molar-refractivity contribution in [1.29, 1.82) is 10.5 Å². The first-order valence-corrected chi connectivity index (χ1v) is 8.78. The number of esters is 1. The van der Waals surface area contributed by atoms with Crippen LogP contribution in [0.25, 0.3) is 0 Å². The Balaban J connectivity index is 2.75. The van der Waals surface area contributed by atoms with Gasteiger partial charge in [-0.3, -0.25) is 9.59 Å². The SMILES string of the molecule is CCC(C)C(C(=O)OCC(=O)N(CCC#N)CCC#N)c1ccccc1. The molecule has 0 aromatic heterocycles. The average Bonchev–Trinajstić information content (AvgIpc) is 2.67. The number of nitriles is 2. The van der Waals surface area contributed by atoms with E-state index in [1.54, 1.807) is 0 Å². The number of amides is 1. The molecule has 1 aromatic carbocycles. The zero-order chi connectivity index (χ0) is 19.4. The first kappa shape index (κ1) is 21.2. The number of nitrogens with zero attached hydrogens (tertiary/aromatic N) is 3. The van der Waals surface area contributed by atoms with Gasteiger partial charge in [-0.05, 0) is 11.5 Å². The Bertz CT molecular complexity index is 643. The van der Waals surface area contributed by atoms with Gasteiger partial charge in [-0.15, -0.1) is 0 Å². The maximum absolute atomic E-state index is 12.6. The van der Waals surface area contributed by atoms with Gasteiger partial charge in [0.1, 0.15) is 0 Å². The van der Waals surface area contributed by atoms with Gasteiger partial charge in [-0.25, -0.2) is 0 Å². The number of benzene rings is 1. The topological polar surface area (TPSA) is 94.2 Å². The summed E-state index contributed by atoms with van der Waals surface area (Å²) in [5, 5.41) is 17.4. The van der Waals surface area contributed by atoms with Gasteiger partial charge in [0.25, 0.3) is 5.91 Å². The summed E-state index contributed by atoms with van der Waals surface area (Å²) >= 11 is 0. The van der Waals surface area contributed by atoms with E-state index in [0.29, 0.717) is 0 Å². The smallest absolute Gasteiger partial charge is 0.314 e. The Morgan fingerprint density at radius 2 is 1.69 bits per heavy atom. The van der Waals surface area contributed by atoms with Crippen molar-refractivity contribution >= 4 is 11.9 Å². The maximum Gasteiger partial charge on any atom is 0.314 e. The molecule has 1 amide bonds. The minimum atomic E-state index is -0.431. The summed E-state index contributed by atoms with van der Waals surface area (Å²) in [5.41, 5.74) is 0.866. The molecule has 0 fully saturated rings. The van der Waals surface area contributed by atoms with Crippen LogP contribution in [0.2, 0.25) is 0 Å². The van der Waals surface area contributed by atoms with Crippen molar-refractivity contribution in [2.45, 2.75) is 39.0 Å². The molecule has 138 valence electrons. The van der Waals surface area contributed by atoms with Crippen molar-refractivity contribution in [3.8, 4) is 12.1 Å². The number of hydrogen-bond acceptors (Lipinski definition) is 5. The summed E-state index contributed by atoms with van der Waals surface area (Å²) in [6, 6.07) is 13.3. The van der Waals surface area contributed by atoms with E-state index < -0.39 is 11.9 Å². The lowest BCUT2D eigenvalue weighted by atomic mass is 9.86. The molecule has 0 heterocycles. The molecule has 0 spiro atoms. The van der Waals surface area contributed by atoms with E-state index in [-0.39, 0.29) is 44.4 Å². The Kier molecular flexibility index (Phi) is 9.49. The highest BCUT2D eigenvalue weighted by Gasteiger charge is 2.28. The largest absolute Gasteiger partial charge is 0.455 e. The Labute approximate surface area is 155 Å². The lowest BCUT2D eigenvalue weighted by Gasteiger charge is -2.24. The predicted molar refractivity (Wildman–Crippen MR) is 96.6 cm³/mol. The molecule has 1 rings (SSSR count). The molecule has 26 heavy (non-hydrogen) atoms. The Hall–Kier alpha value is -2.86. The minimum Gasteiger partial charge on any atom is -0.455 e. The fourth-order valence-corrected chi connectivity index (χ4v) is 2.64. The van der Waals surface area contributed by atoms with Crippen LogP contribution in [0.15, 0.2) is 30.3 Å². The van der Waals surface area contributed by atoms with Crippen molar-refractivity contribution in [3.63, 3.8) is 0 Å². The molecule has 0 radical (unpaired) electrons. The Morgan fingerprint density at radius 1 is 1.12 bits per heavy atom. The van der Waals surface area contributed by atoms with Crippen molar-refractivity contribution < 1.29 is 14.3 Å². The van der Waals surface area contributed by atoms with Gasteiger partial charge in [0.05, 0.1) is 30.9 Å². The summed E-state index contributed by atoms with van der Waals surface area (Å²) in [4.78, 5) is 26.3. The van der Waals surface area contributed by atoms with Gasteiger partial charge in [0.15, 0.2) is 6.61 Å². The number of ether oxygens (including phenoxy) is 1. The number of hydrogen-bond donors (Lipinski definition) is 0. The molecule has 0 saturated carbocycles. The quantitative estimate of drug-likeness (QED) is 0.601. The summed E-state index contributed by atoms with van der Waals surface area (Å²) in [5.74, 6) is -1.17. The highest BCUT2D eigenvalue weighted by atomic mass is 16.5. The molecule has 0 aliphatic heterocycles.